The number of carbonyl (C=O) groups is 2. The molecule has 0 unspecified atom stereocenters. The number of rotatable bonds is 7. The minimum Gasteiger partial charge on any atom is -0.490 e. The molecule has 0 spiro atoms. The second-order valence-corrected chi connectivity index (χ2v) is 9.97. The summed E-state index contributed by atoms with van der Waals surface area (Å²) in [4.78, 5) is 27.3. The van der Waals surface area contributed by atoms with Crippen molar-refractivity contribution in [2.45, 2.75) is 13.5 Å². The Morgan fingerprint density at radius 1 is 1.06 bits per heavy atom. The molecule has 4 rings (SSSR count). The minimum absolute atomic E-state index is 0.00243. The van der Waals surface area contributed by atoms with Crippen molar-refractivity contribution in [1.29, 1.82) is 0 Å². The lowest BCUT2D eigenvalue weighted by Crippen LogP contribution is -2.54. The van der Waals surface area contributed by atoms with Gasteiger partial charge in [0.15, 0.2) is 16.6 Å². The topological polar surface area (TPSA) is 67.9 Å². The Morgan fingerprint density at radius 2 is 1.78 bits per heavy atom. The zero-order valence-corrected chi connectivity index (χ0v) is 23.4. The van der Waals surface area contributed by atoms with Crippen LogP contribution in [0.2, 0.25) is 10.0 Å². The third-order valence-corrected chi connectivity index (χ3v) is 6.87. The largest absolute Gasteiger partial charge is 0.490 e. The van der Waals surface area contributed by atoms with Gasteiger partial charge in [0.25, 0.3) is 11.8 Å². The third kappa shape index (κ3) is 5.83. The van der Waals surface area contributed by atoms with E-state index in [1.165, 1.54) is 11.0 Å². The summed E-state index contributed by atoms with van der Waals surface area (Å²) in [6.07, 6.45) is 1.50. The Morgan fingerprint density at radius 3 is 2.47 bits per heavy atom. The van der Waals surface area contributed by atoms with E-state index in [9.17, 15) is 9.59 Å². The summed E-state index contributed by atoms with van der Waals surface area (Å²) >= 11 is 19.6. The fraction of sp³-hybridized carbons (Fsp3) is 0.115. The van der Waals surface area contributed by atoms with E-state index in [1.807, 2.05) is 25.1 Å². The highest BCUT2D eigenvalue weighted by molar-refractivity contribution is 14.1. The number of carbonyl (C=O) groups excluding carboxylic acids is 2. The normalized spacial score (nSPS) is 14.7. The van der Waals surface area contributed by atoms with Gasteiger partial charge in [-0.1, -0.05) is 41.4 Å². The predicted octanol–water partition coefficient (Wildman–Crippen LogP) is 6.41. The number of nitrogens with zero attached hydrogens (tertiary/aromatic N) is 1. The molecule has 10 heteroatoms. The molecule has 0 saturated carbocycles. The van der Waals surface area contributed by atoms with Gasteiger partial charge in [0.2, 0.25) is 0 Å². The first-order chi connectivity index (χ1) is 17.3. The van der Waals surface area contributed by atoms with Crippen LogP contribution < -0.4 is 19.7 Å². The van der Waals surface area contributed by atoms with Crippen LogP contribution >= 0.6 is 58.0 Å². The van der Waals surface area contributed by atoms with Gasteiger partial charge in [0, 0.05) is 15.6 Å². The van der Waals surface area contributed by atoms with Crippen molar-refractivity contribution in [3.63, 3.8) is 0 Å². The first kappa shape index (κ1) is 26.4. The molecule has 3 aromatic rings. The van der Waals surface area contributed by atoms with Crippen molar-refractivity contribution < 1.29 is 19.1 Å². The zero-order chi connectivity index (χ0) is 25.8. The second kappa shape index (κ2) is 11.6. The molecule has 6 nitrogen and oxygen atoms in total. The van der Waals surface area contributed by atoms with Gasteiger partial charge < -0.3 is 9.47 Å². The van der Waals surface area contributed by atoms with Crippen LogP contribution in [0.25, 0.3) is 6.08 Å². The van der Waals surface area contributed by atoms with Gasteiger partial charge in [-0.25, -0.2) is 0 Å². The number of halogens is 3. The molecule has 36 heavy (non-hydrogen) atoms. The summed E-state index contributed by atoms with van der Waals surface area (Å²) in [5.41, 5.74) is 1.86. The van der Waals surface area contributed by atoms with E-state index in [-0.39, 0.29) is 17.3 Å². The predicted molar refractivity (Wildman–Crippen MR) is 154 cm³/mol. The molecular formula is C26H19Cl2IN2O4S. The molecule has 1 N–H and O–H groups in total. The molecule has 0 bridgehead atoms. The lowest BCUT2D eigenvalue weighted by atomic mass is 10.1. The van der Waals surface area contributed by atoms with E-state index >= 15 is 0 Å². The number of hydrogen-bond acceptors (Lipinski definition) is 5. The zero-order valence-electron chi connectivity index (χ0n) is 18.9. The third-order valence-electron chi connectivity index (χ3n) is 5.16. The van der Waals surface area contributed by atoms with E-state index in [1.54, 1.807) is 42.5 Å². The van der Waals surface area contributed by atoms with Gasteiger partial charge in [0.1, 0.15) is 12.2 Å². The van der Waals surface area contributed by atoms with Gasteiger partial charge in [-0.15, -0.1) is 0 Å². The van der Waals surface area contributed by atoms with E-state index in [0.717, 1.165) is 9.13 Å². The van der Waals surface area contributed by atoms with Gasteiger partial charge in [-0.2, -0.15) is 0 Å². The lowest BCUT2D eigenvalue weighted by Gasteiger charge is -2.29. The van der Waals surface area contributed by atoms with E-state index < -0.39 is 11.8 Å². The Labute approximate surface area is 237 Å². The maximum atomic E-state index is 13.3. The number of benzene rings is 3. The molecule has 1 fully saturated rings. The van der Waals surface area contributed by atoms with Crippen LogP contribution in [0.4, 0.5) is 5.69 Å². The minimum atomic E-state index is -0.581. The lowest BCUT2D eigenvalue weighted by molar-refractivity contribution is -0.122. The Balaban J connectivity index is 1.66. The molecule has 2 amide bonds. The van der Waals surface area contributed by atoms with Gasteiger partial charge in [-0.05, 0) is 95.8 Å². The van der Waals surface area contributed by atoms with Crippen LogP contribution in [0.15, 0.2) is 66.2 Å². The summed E-state index contributed by atoms with van der Waals surface area (Å²) in [6.45, 7) is 2.51. The number of ether oxygens (including phenoxy) is 2. The molecule has 184 valence electrons. The fourth-order valence-electron chi connectivity index (χ4n) is 3.49. The molecule has 0 aliphatic carbocycles. The molecule has 0 atom stereocenters. The van der Waals surface area contributed by atoms with Crippen molar-refractivity contribution in [1.82, 2.24) is 5.32 Å². The molecule has 0 radical (unpaired) electrons. The van der Waals surface area contributed by atoms with Gasteiger partial charge in [-0.3, -0.25) is 19.8 Å². The first-order valence-electron chi connectivity index (χ1n) is 10.8. The van der Waals surface area contributed by atoms with Crippen molar-refractivity contribution >= 4 is 86.7 Å². The average molecular weight is 653 g/mol. The number of thiocarbonyl (C=S) groups is 1. The quantitative estimate of drug-likeness (QED) is 0.138. The van der Waals surface area contributed by atoms with E-state index in [0.29, 0.717) is 39.4 Å². The number of hydrogen-bond donors (Lipinski definition) is 1. The van der Waals surface area contributed by atoms with E-state index in [4.69, 9.17) is 44.9 Å². The van der Waals surface area contributed by atoms with Crippen molar-refractivity contribution in [2.75, 3.05) is 11.5 Å². The Hall–Kier alpha value is -2.66. The number of nitrogens with one attached hydrogen (secondary N) is 1. The Kier molecular flexibility index (Phi) is 8.50. The molecule has 1 aliphatic heterocycles. The average Bonchev–Trinajstić information content (AvgIpc) is 2.83. The van der Waals surface area contributed by atoms with Crippen LogP contribution in [0, 0.1) is 3.57 Å². The fourth-order valence-corrected chi connectivity index (χ4v) is 4.87. The summed E-state index contributed by atoms with van der Waals surface area (Å²) in [5, 5.41) is 3.70. The van der Waals surface area contributed by atoms with Crippen molar-refractivity contribution in [2.24, 2.45) is 0 Å². The summed E-state index contributed by atoms with van der Waals surface area (Å²) in [7, 11) is 0. The molecule has 0 aromatic heterocycles. The molecule has 3 aromatic carbocycles. The molecule has 1 saturated heterocycles. The van der Waals surface area contributed by atoms with Crippen molar-refractivity contribution in [3.8, 4) is 11.5 Å². The maximum absolute atomic E-state index is 13.3. The summed E-state index contributed by atoms with van der Waals surface area (Å²) in [6, 6.07) is 17.6. The maximum Gasteiger partial charge on any atom is 0.270 e. The smallest absolute Gasteiger partial charge is 0.270 e. The van der Waals surface area contributed by atoms with Crippen LogP contribution in [0.1, 0.15) is 18.1 Å². The Bertz CT molecular complexity index is 1380. The SMILES string of the molecule is CCOc1cc(/C=C2\C(=O)NC(=S)N(c3ccc(Cl)cc3)C2=O)cc(I)c1OCc1ccccc1Cl. The molecular weight excluding hydrogens is 634 g/mol. The van der Waals surface area contributed by atoms with Crippen LogP contribution in [-0.4, -0.2) is 23.5 Å². The summed E-state index contributed by atoms with van der Waals surface area (Å²) in [5.74, 6) is -0.0970. The van der Waals surface area contributed by atoms with Gasteiger partial charge >= 0.3 is 0 Å². The van der Waals surface area contributed by atoms with E-state index in [2.05, 4.69) is 27.9 Å². The first-order valence-corrected chi connectivity index (χ1v) is 13.0. The molecule has 1 aliphatic rings. The standard InChI is InChI=1S/C26H19Cl2IN2O4S/c1-2-34-22-13-15(12-21(29)23(22)35-14-16-5-3-4-6-20(16)28)11-19-24(32)30-26(36)31(25(19)33)18-9-7-17(27)8-10-18/h3-13H,2,14H2,1H3,(H,30,32,36)/b19-11+. The van der Waals surface area contributed by atoms with Crippen LogP contribution in [0.3, 0.4) is 0 Å². The highest BCUT2D eigenvalue weighted by Gasteiger charge is 2.34. The van der Waals surface area contributed by atoms with Crippen LogP contribution in [0.5, 0.6) is 11.5 Å². The van der Waals surface area contributed by atoms with Crippen molar-refractivity contribution in [3.05, 3.63) is 91.0 Å². The van der Waals surface area contributed by atoms with Crippen LogP contribution in [-0.2, 0) is 16.2 Å². The molecule has 1 heterocycles. The highest BCUT2D eigenvalue weighted by atomic mass is 127. The highest BCUT2D eigenvalue weighted by Crippen LogP contribution is 2.36. The number of amides is 2. The van der Waals surface area contributed by atoms with Gasteiger partial charge in [0.05, 0.1) is 15.9 Å². The second-order valence-electron chi connectivity index (χ2n) is 7.58. The number of anilines is 1. The summed E-state index contributed by atoms with van der Waals surface area (Å²) < 4.78 is 12.6. The monoisotopic (exact) mass is 652 g/mol.